The minimum atomic E-state index is -5.99. The molecular weight excluding hydrogens is 370 g/mol. The molecule has 4 nitrogen and oxygen atoms in total. The van der Waals surface area contributed by atoms with Crippen LogP contribution in [0.3, 0.4) is 0 Å². The lowest BCUT2D eigenvalue weighted by Crippen LogP contribution is -2.55. The second-order valence-corrected chi connectivity index (χ2v) is 5.66. The Morgan fingerprint density at radius 2 is 1.58 bits per heavy atom. The molecule has 2 atom stereocenters. The molecule has 0 saturated heterocycles. The number of benzene rings is 1. The molecule has 0 heterocycles. The summed E-state index contributed by atoms with van der Waals surface area (Å²) in [4.78, 5) is 11.0. The molecule has 0 fully saturated rings. The summed E-state index contributed by atoms with van der Waals surface area (Å²) in [5.74, 6) is -11.6. The number of hydrogen-bond acceptors (Lipinski definition) is 3. The molecule has 0 saturated carbocycles. The highest BCUT2D eigenvalue weighted by Gasteiger charge is 2.73. The Morgan fingerprint density at radius 1 is 1.12 bits per heavy atom. The minimum absolute atomic E-state index is 0.0669. The van der Waals surface area contributed by atoms with Gasteiger partial charge in [-0.05, 0) is 43.5 Å². The highest BCUT2D eigenvalue weighted by atomic mass is 19.4. The van der Waals surface area contributed by atoms with Gasteiger partial charge in [-0.15, -0.1) is 0 Å². The summed E-state index contributed by atoms with van der Waals surface area (Å²) in [5.41, 5.74) is -1.41. The van der Waals surface area contributed by atoms with E-state index in [2.05, 4.69) is 4.74 Å². The largest absolute Gasteiger partial charge is 0.479 e. The number of alkyl halides is 6. The SMILES string of the molecule is CCC(Oc1c(C)cc(C(F)(F)C(F)(OC)C(F)(F)F)cc1C)C(=O)O. The van der Waals surface area contributed by atoms with Crippen molar-refractivity contribution in [2.24, 2.45) is 0 Å². The van der Waals surface area contributed by atoms with E-state index in [4.69, 9.17) is 9.84 Å². The third kappa shape index (κ3) is 3.74. The van der Waals surface area contributed by atoms with Crippen LogP contribution in [0.25, 0.3) is 0 Å². The molecule has 0 radical (unpaired) electrons. The van der Waals surface area contributed by atoms with Crippen molar-refractivity contribution in [3.63, 3.8) is 0 Å². The van der Waals surface area contributed by atoms with Crippen molar-refractivity contribution in [1.82, 2.24) is 0 Å². The molecule has 0 aromatic heterocycles. The van der Waals surface area contributed by atoms with Crippen molar-refractivity contribution in [1.29, 1.82) is 0 Å². The van der Waals surface area contributed by atoms with Crippen molar-refractivity contribution in [2.45, 2.75) is 51.2 Å². The van der Waals surface area contributed by atoms with Crippen LogP contribution in [0, 0.1) is 13.8 Å². The van der Waals surface area contributed by atoms with Gasteiger partial charge in [0, 0.05) is 12.7 Å². The third-order valence-corrected chi connectivity index (χ3v) is 3.78. The first-order valence-corrected chi connectivity index (χ1v) is 7.42. The topological polar surface area (TPSA) is 55.8 Å². The highest BCUT2D eigenvalue weighted by molar-refractivity contribution is 5.72. The first-order valence-electron chi connectivity index (χ1n) is 7.42. The van der Waals surface area contributed by atoms with Crippen LogP contribution >= 0.6 is 0 Å². The van der Waals surface area contributed by atoms with Crippen LogP contribution in [-0.4, -0.2) is 36.3 Å². The summed E-state index contributed by atoms with van der Waals surface area (Å²) < 4.78 is 89.8. The van der Waals surface area contributed by atoms with E-state index < -0.39 is 35.6 Å². The van der Waals surface area contributed by atoms with Gasteiger partial charge < -0.3 is 14.6 Å². The molecule has 2 unspecified atom stereocenters. The van der Waals surface area contributed by atoms with Crippen molar-refractivity contribution in [2.75, 3.05) is 7.11 Å². The fraction of sp³-hybridized carbons (Fsp3) is 0.562. The summed E-state index contributed by atoms with van der Waals surface area (Å²) in [6.45, 7) is 3.99. The van der Waals surface area contributed by atoms with E-state index in [0.29, 0.717) is 12.1 Å². The molecule has 1 rings (SSSR count). The number of methoxy groups -OCH3 is 1. The number of hydrogen-bond donors (Lipinski definition) is 1. The summed E-state index contributed by atoms with van der Waals surface area (Å²) >= 11 is 0. The van der Waals surface area contributed by atoms with Crippen LogP contribution in [0.4, 0.5) is 26.3 Å². The predicted octanol–water partition coefficient (Wildman–Crippen LogP) is 4.51. The van der Waals surface area contributed by atoms with Crippen LogP contribution in [0.2, 0.25) is 0 Å². The monoisotopic (exact) mass is 388 g/mol. The van der Waals surface area contributed by atoms with Crippen molar-refractivity contribution >= 4 is 5.97 Å². The van der Waals surface area contributed by atoms with Crippen molar-refractivity contribution in [3.05, 3.63) is 28.8 Å². The van der Waals surface area contributed by atoms with Crippen molar-refractivity contribution in [3.8, 4) is 5.75 Å². The number of halogens is 6. The quantitative estimate of drug-likeness (QED) is 0.699. The maximum Gasteiger partial charge on any atom is 0.455 e. The molecule has 26 heavy (non-hydrogen) atoms. The van der Waals surface area contributed by atoms with Crippen molar-refractivity contribution < 1.29 is 45.7 Å². The minimum Gasteiger partial charge on any atom is -0.479 e. The Bertz CT molecular complexity index is 650. The van der Waals surface area contributed by atoms with E-state index in [1.54, 1.807) is 0 Å². The Morgan fingerprint density at radius 3 is 1.88 bits per heavy atom. The van der Waals surface area contributed by atoms with Crippen LogP contribution in [0.5, 0.6) is 5.75 Å². The molecule has 0 aliphatic carbocycles. The summed E-state index contributed by atoms with van der Waals surface area (Å²) in [6, 6.07) is 1.21. The maximum absolute atomic E-state index is 14.3. The first kappa shape index (κ1) is 22.1. The molecule has 0 aliphatic heterocycles. The van der Waals surface area contributed by atoms with Gasteiger partial charge in [-0.3, -0.25) is 0 Å². The van der Waals surface area contributed by atoms with Gasteiger partial charge in [0.05, 0.1) is 0 Å². The third-order valence-electron chi connectivity index (χ3n) is 3.78. The molecule has 0 bridgehead atoms. The second-order valence-electron chi connectivity index (χ2n) is 5.66. The van der Waals surface area contributed by atoms with Gasteiger partial charge in [0.1, 0.15) is 5.75 Å². The van der Waals surface area contributed by atoms with Crippen LogP contribution in [-0.2, 0) is 15.5 Å². The van der Waals surface area contributed by atoms with Crippen LogP contribution in [0.1, 0.15) is 30.0 Å². The highest BCUT2D eigenvalue weighted by Crippen LogP contribution is 2.51. The molecule has 148 valence electrons. The second kappa shape index (κ2) is 7.34. The molecule has 0 amide bonds. The van der Waals surface area contributed by atoms with E-state index >= 15 is 0 Å². The summed E-state index contributed by atoms with van der Waals surface area (Å²) in [6.07, 6.45) is -7.19. The molecule has 1 aromatic carbocycles. The zero-order valence-electron chi connectivity index (χ0n) is 14.4. The lowest BCUT2D eigenvalue weighted by molar-refractivity contribution is -0.398. The van der Waals surface area contributed by atoms with Gasteiger partial charge in [0.2, 0.25) is 0 Å². The van der Waals surface area contributed by atoms with Gasteiger partial charge in [0.15, 0.2) is 6.10 Å². The Hall–Kier alpha value is -1.97. The fourth-order valence-corrected chi connectivity index (χ4v) is 2.38. The Kier molecular flexibility index (Phi) is 6.23. The van der Waals surface area contributed by atoms with Gasteiger partial charge in [-0.2, -0.15) is 26.3 Å². The van der Waals surface area contributed by atoms with E-state index in [0.717, 1.165) is 0 Å². The van der Waals surface area contributed by atoms with Crippen LogP contribution in [0.15, 0.2) is 12.1 Å². The predicted molar refractivity (Wildman–Crippen MR) is 79.1 cm³/mol. The molecule has 0 aliphatic rings. The number of rotatable bonds is 7. The van der Waals surface area contributed by atoms with E-state index in [1.807, 2.05) is 0 Å². The van der Waals surface area contributed by atoms with E-state index in [-0.39, 0.29) is 30.4 Å². The molecule has 0 spiro atoms. The summed E-state index contributed by atoms with van der Waals surface area (Å²) in [7, 11) is 0.192. The number of carboxylic acid groups (broad SMARTS) is 1. The van der Waals surface area contributed by atoms with Crippen LogP contribution < -0.4 is 4.74 Å². The van der Waals surface area contributed by atoms with Gasteiger partial charge in [-0.25, -0.2) is 4.79 Å². The summed E-state index contributed by atoms with van der Waals surface area (Å²) in [5, 5.41) is 8.99. The average molecular weight is 388 g/mol. The molecule has 10 heteroatoms. The lowest BCUT2D eigenvalue weighted by atomic mass is 9.96. The van der Waals surface area contributed by atoms with Gasteiger partial charge in [0.25, 0.3) is 0 Å². The number of carbonyl (C=O) groups is 1. The molecular formula is C16H18F6O4. The molecule has 1 N–H and O–H groups in total. The standard InChI is InChI=1S/C16H18F6O4/c1-5-11(13(23)24)26-12-8(2)6-10(7-9(12)3)14(17,18)15(19,25-4)16(20,21)22/h6-7,11H,5H2,1-4H3,(H,23,24). The number of aryl methyl sites for hydroxylation is 2. The lowest BCUT2D eigenvalue weighted by Gasteiger charge is -2.34. The van der Waals surface area contributed by atoms with Gasteiger partial charge in [-0.1, -0.05) is 6.92 Å². The number of carboxylic acids is 1. The van der Waals surface area contributed by atoms with E-state index in [1.165, 1.54) is 20.8 Å². The van der Waals surface area contributed by atoms with Gasteiger partial charge >= 0.3 is 23.9 Å². The normalized spacial score (nSPS) is 16.1. The smallest absolute Gasteiger partial charge is 0.455 e. The molecule has 1 aromatic rings. The zero-order chi connectivity index (χ0) is 20.5. The Balaban J connectivity index is 3.43. The van der Waals surface area contributed by atoms with E-state index in [9.17, 15) is 31.1 Å². The number of ether oxygens (including phenoxy) is 2. The number of aliphatic carboxylic acids is 1. The first-order chi connectivity index (χ1) is 11.7. The fourth-order valence-electron chi connectivity index (χ4n) is 2.38. The zero-order valence-corrected chi connectivity index (χ0v) is 14.4. The Labute approximate surface area is 145 Å². The maximum atomic E-state index is 14.3. The average Bonchev–Trinajstić information content (AvgIpc) is 2.51.